The highest BCUT2D eigenvalue weighted by Gasteiger charge is 2.14. The van der Waals surface area contributed by atoms with E-state index in [1.807, 2.05) is 22.9 Å². The van der Waals surface area contributed by atoms with Gasteiger partial charge in [0.2, 0.25) is 5.91 Å². The molecule has 1 aliphatic heterocycles. The van der Waals surface area contributed by atoms with Gasteiger partial charge in [0, 0.05) is 36.4 Å². The SMILES string of the molecule is CCN(CC(=O)Nc1ccc2c(c1)OCCO2)Cc1ccc(-n2ccnc2)cc1. The van der Waals surface area contributed by atoms with Crippen LogP contribution in [0.15, 0.2) is 61.2 Å². The number of imidazole rings is 1. The molecule has 0 fully saturated rings. The van der Waals surface area contributed by atoms with Crippen LogP contribution in [-0.2, 0) is 11.3 Å². The quantitative estimate of drug-likeness (QED) is 0.669. The van der Waals surface area contributed by atoms with Gasteiger partial charge in [-0.1, -0.05) is 19.1 Å². The number of nitrogens with one attached hydrogen (secondary N) is 1. The van der Waals surface area contributed by atoms with Crippen LogP contribution in [0.1, 0.15) is 12.5 Å². The van der Waals surface area contributed by atoms with Crippen LogP contribution in [0.25, 0.3) is 5.69 Å². The normalized spacial score (nSPS) is 12.8. The molecule has 29 heavy (non-hydrogen) atoms. The summed E-state index contributed by atoms with van der Waals surface area (Å²) in [6.07, 6.45) is 5.44. The minimum absolute atomic E-state index is 0.0569. The summed E-state index contributed by atoms with van der Waals surface area (Å²) in [5.74, 6) is 1.32. The molecule has 2 heterocycles. The third-order valence-corrected chi connectivity index (χ3v) is 4.79. The number of fused-ring (bicyclic) bond motifs is 1. The first-order valence-corrected chi connectivity index (χ1v) is 9.70. The molecule has 3 aromatic rings. The number of benzene rings is 2. The van der Waals surface area contributed by atoms with Gasteiger partial charge >= 0.3 is 0 Å². The third-order valence-electron chi connectivity index (χ3n) is 4.79. The Morgan fingerprint density at radius 1 is 1.14 bits per heavy atom. The molecule has 1 amide bonds. The Morgan fingerprint density at radius 2 is 1.93 bits per heavy atom. The number of rotatable bonds is 7. The number of carbonyl (C=O) groups excluding carboxylic acids is 1. The average Bonchev–Trinajstić information content (AvgIpc) is 3.28. The fourth-order valence-electron chi connectivity index (χ4n) is 3.25. The zero-order chi connectivity index (χ0) is 20.1. The summed E-state index contributed by atoms with van der Waals surface area (Å²) >= 11 is 0. The fraction of sp³-hybridized carbons (Fsp3) is 0.273. The Hall–Kier alpha value is -3.32. The van der Waals surface area contributed by atoms with Crippen LogP contribution in [0.4, 0.5) is 5.69 Å². The van der Waals surface area contributed by atoms with E-state index >= 15 is 0 Å². The summed E-state index contributed by atoms with van der Waals surface area (Å²) in [4.78, 5) is 18.7. The minimum Gasteiger partial charge on any atom is -0.486 e. The van der Waals surface area contributed by atoms with Crippen LogP contribution >= 0.6 is 0 Å². The lowest BCUT2D eigenvalue weighted by Crippen LogP contribution is -2.32. The van der Waals surface area contributed by atoms with Gasteiger partial charge in [0.1, 0.15) is 13.2 Å². The van der Waals surface area contributed by atoms with Crippen LogP contribution in [0, 0.1) is 0 Å². The molecule has 0 atom stereocenters. The third kappa shape index (κ3) is 4.75. The maximum Gasteiger partial charge on any atom is 0.238 e. The van der Waals surface area contributed by atoms with E-state index in [2.05, 4.69) is 46.4 Å². The molecule has 1 aliphatic rings. The van der Waals surface area contributed by atoms with Crippen molar-refractivity contribution < 1.29 is 14.3 Å². The second kappa shape index (κ2) is 8.79. The number of anilines is 1. The molecular formula is C22H24N4O3. The van der Waals surface area contributed by atoms with E-state index in [0.29, 0.717) is 43.5 Å². The molecule has 0 saturated carbocycles. The monoisotopic (exact) mass is 392 g/mol. The second-order valence-electron chi connectivity index (χ2n) is 6.85. The molecule has 1 N–H and O–H groups in total. The van der Waals surface area contributed by atoms with Gasteiger partial charge < -0.3 is 19.4 Å². The Morgan fingerprint density at radius 3 is 2.66 bits per heavy atom. The molecule has 0 unspecified atom stereocenters. The van der Waals surface area contributed by atoms with Crippen molar-refractivity contribution in [2.45, 2.75) is 13.5 Å². The highest BCUT2D eigenvalue weighted by atomic mass is 16.6. The van der Waals surface area contributed by atoms with Gasteiger partial charge in [-0.15, -0.1) is 0 Å². The zero-order valence-corrected chi connectivity index (χ0v) is 16.4. The summed E-state index contributed by atoms with van der Waals surface area (Å²) in [5.41, 5.74) is 2.92. The van der Waals surface area contributed by atoms with E-state index in [0.717, 1.165) is 17.8 Å². The van der Waals surface area contributed by atoms with E-state index in [1.165, 1.54) is 0 Å². The summed E-state index contributed by atoms with van der Waals surface area (Å²) in [5, 5.41) is 2.94. The molecule has 7 nitrogen and oxygen atoms in total. The number of hydrogen-bond acceptors (Lipinski definition) is 5. The van der Waals surface area contributed by atoms with E-state index in [-0.39, 0.29) is 5.91 Å². The lowest BCUT2D eigenvalue weighted by atomic mass is 10.2. The minimum atomic E-state index is -0.0569. The Bertz CT molecular complexity index is 955. The maximum atomic E-state index is 12.5. The molecule has 0 radical (unpaired) electrons. The molecular weight excluding hydrogens is 368 g/mol. The number of nitrogens with zero attached hydrogens (tertiary/aromatic N) is 3. The Labute approximate surface area is 169 Å². The van der Waals surface area contributed by atoms with Crippen molar-refractivity contribution in [3.63, 3.8) is 0 Å². The lowest BCUT2D eigenvalue weighted by molar-refractivity contribution is -0.117. The number of amides is 1. The highest BCUT2D eigenvalue weighted by Crippen LogP contribution is 2.32. The molecule has 0 bridgehead atoms. The molecule has 0 spiro atoms. The molecule has 0 aliphatic carbocycles. The van der Waals surface area contributed by atoms with Crippen LogP contribution < -0.4 is 14.8 Å². The number of carbonyl (C=O) groups is 1. The summed E-state index contributed by atoms with van der Waals surface area (Å²) in [7, 11) is 0. The molecule has 2 aromatic carbocycles. The van der Waals surface area contributed by atoms with Crippen molar-refractivity contribution in [1.82, 2.24) is 14.5 Å². The molecule has 150 valence electrons. The smallest absolute Gasteiger partial charge is 0.238 e. The lowest BCUT2D eigenvalue weighted by Gasteiger charge is -2.21. The second-order valence-corrected chi connectivity index (χ2v) is 6.85. The molecule has 1 aromatic heterocycles. The Balaban J connectivity index is 1.34. The standard InChI is InChI=1S/C22H24N4O3/c1-2-25(14-17-3-6-19(7-4-17)26-10-9-23-16-26)15-22(27)24-18-5-8-20-21(13-18)29-12-11-28-20/h3-10,13,16H,2,11-12,14-15H2,1H3,(H,24,27). The van der Waals surface area contributed by atoms with Crippen molar-refractivity contribution >= 4 is 11.6 Å². The van der Waals surface area contributed by atoms with Gasteiger partial charge in [-0.05, 0) is 36.4 Å². The van der Waals surface area contributed by atoms with E-state index in [1.54, 1.807) is 18.6 Å². The van der Waals surface area contributed by atoms with Crippen molar-refractivity contribution in [1.29, 1.82) is 0 Å². The molecule has 7 heteroatoms. The first-order chi connectivity index (χ1) is 14.2. The van der Waals surface area contributed by atoms with Crippen LogP contribution in [0.3, 0.4) is 0 Å². The summed E-state index contributed by atoms with van der Waals surface area (Å²) in [6, 6.07) is 13.7. The number of aromatic nitrogens is 2. The first-order valence-electron chi connectivity index (χ1n) is 9.70. The van der Waals surface area contributed by atoms with Crippen molar-refractivity contribution in [2.75, 3.05) is 31.6 Å². The molecule has 0 saturated heterocycles. The topological polar surface area (TPSA) is 68.6 Å². The summed E-state index contributed by atoms with van der Waals surface area (Å²) in [6.45, 7) is 4.92. The van der Waals surface area contributed by atoms with Crippen LogP contribution in [0.5, 0.6) is 11.5 Å². The van der Waals surface area contributed by atoms with Gasteiger partial charge in [0.15, 0.2) is 11.5 Å². The number of hydrogen-bond donors (Lipinski definition) is 1. The predicted molar refractivity (Wildman–Crippen MR) is 111 cm³/mol. The average molecular weight is 392 g/mol. The van der Waals surface area contributed by atoms with Crippen LogP contribution in [-0.4, -0.2) is 46.7 Å². The van der Waals surface area contributed by atoms with Crippen molar-refractivity contribution in [3.05, 3.63) is 66.7 Å². The molecule has 4 rings (SSSR count). The Kier molecular flexibility index (Phi) is 5.76. The van der Waals surface area contributed by atoms with E-state index in [9.17, 15) is 4.79 Å². The van der Waals surface area contributed by atoms with Gasteiger partial charge in [0.05, 0.1) is 12.9 Å². The van der Waals surface area contributed by atoms with E-state index in [4.69, 9.17) is 9.47 Å². The van der Waals surface area contributed by atoms with Gasteiger partial charge in [0.25, 0.3) is 0 Å². The number of likely N-dealkylation sites (N-methyl/N-ethyl adjacent to an activating group) is 1. The summed E-state index contributed by atoms with van der Waals surface area (Å²) < 4.78 is 13.0. The van der Waals surface area contributed by atoms with Crippen molar-refractivity contribution in [3.8, 4) is 17.2 Å². The fourth-order valence-corrected chi connectivity index (χ4v) is 3.25. The zero-order valence-electron chi connectivity index (χ0n) is 16.4. The van der Waals surface area contributed by atoms with Crippen LogP contribution in [0.2, 0.25) is 0 Å². The first kappa shape index (κ1) is 19.0. The maximum absolute atomic E-state index is 12.5. The van der Waals surface area contributed by atoms with Crippen molar-refractivity contribution in [2.24, 2.45) is 0 Å². The largest absolute Gasteiger partial charge is 0.486 e. The predicted octanol–water partition coefficient (Wildman–Crippen LogP) is 3.10. The van der Waals surface area contributed by atoms with Gasteiger partial charge in [-0.3, -0.25) is 9.69 Å². The van der Waals surface area contributed by atoms with Gasteiger partial charge in [-0.25, -0.2) is 4.98 Å². The highest BCUT2D eigenvalue weighted by molar-refractivity contribution is 5.92. The van der Waals surface area contributed by atoms with Gasteiger partial charge in [-0.2, -0.15) is 0 Å². The number of ether oxygens (including phenoxy) is 2. The van der Waals surface area contributed by atoms with E-state index < -0.39 is 0 Å².